The van der Waals surface area contributed by atoms with Crippen molar-refractivity contribution in [3.05, 3.63) is 35.4 Å². The summed E-state index contributed by atoms with van der Waals surface area (Å²) in [6.45, 7) is 0. The minimum Gasteiger partial charge on any atom is -0.478 e. The second-order valence-corrected chi connectivity index (χ2v) is 4.85. The number of hydrogen-bond donors (Lipinski definition) is 2. The summed E-state index contributed by atoms with van der Waals surface area (Å²) in [5.41, 5.74) is 7.63. The van der Waals surface area contributed by atoms with Gasteiger partial charge in [-0.3, -0.25) is 0 Å². The van der Waals surface area contributed by atoms with Crippen molar-refractivity contribution >= 4 is 18.4 Å². The van der Waals surface area contributed by atoms with Gasteiger partial charge in [0.1, 0.15) is 0 Å². The van der Waals surface area contributed by atoms with Crippen LogP contribution in [0.25, 0.3) is 0 Å². The Labute approximate surface area is 114 Å². The Bertz CT molecular complexity index is 385. The highest BCUT2D eigenvalue weighted by Crippen LogP contribution is 2.32. The number of carboxylic acids is 1. The van der Waals surface area contributed by atoms with E-state index in [1.165, 1.54) is 32.1 Å². The van der Waals surface area contributed by atoms with Gasteiger partial charge in [-0.25, -0.2) is 4.79 Å². The Hall–Kier alpha value is -1.06. The minimum absolute atomic E-state index is 0. The van der Waals surface area contributed by atoms with Gasteiger partial charge < -0.3 is 10.8 Å². The predicted molar refractivity (Wildman–Crippen MR) is 74.2 cm³/mol. The molecular formula is C14H20ClNO2. The van der Waals surface area contributed by atoms with Gasteiger partial charge in [0.25, 0.3) is 0 Å². The van der Waals surface area contributed by atoms with Gasteiger partial charge in [-0.2, -0.15) is 0 Å². The highest BCUT2D eigenvalue weighted by Gasteiger charge is 2.21. The van der Waals surface area contributed by atoms with Crippen molar-refractivity contribution in [3.63, 3.8) is 0 Å². The zero-order valence-corrected chi connectivity index (χ0v) is 11.2. The molecule has 1 atom stereocenters. The number of aromatic carboxylic acids is 1. The van der Waals surface area contributed by atoms with Gasteiger partial charge in [-0.15, -0.1) is 12.4 Å². The van der Waals surface area contributed by atoms with E-state index < -0.39 is 5.97 Å². The fraction of sp³-hybridized carbons (Fsp3) is 0.500. The fourth-order valence-electron chi connectivity index (χ4n) is 2.61. The fourth-order valence-corrected chi connectivity index (χ4v) is 2.61. The van der Waals surface area contributed by atoms with Crippen molar-refractivity contribution in [3.8, 4) is 0 Å². The zero-order chi connectivity index (χ0) is 12.3. The van der Waals surface area contributed by atoms with Crippen molar-refractivity contribution < 1.29 is 9.90 Å². The summed E-state index contributed by atoms with van der Waals surface area (Å²) < 4.78 is 0. The molecule has 100 valence electrons. The van der Waals surface area contributed by atoms with Gasteiger partial charge >= 0.3 is 5.97 Å². The molecule has 1 fully saturated rings. The maximum atomic E-state index is 10.8. The predicted octanol–water partition coefficient (Wildman–Crippen LogP) is 3.39. The van der Waals surface area contributed by atoms with E-state index in [0.29, 0.717) is 11.5 Å². The van der Waals surface area contributed by atoms with E-state index >= 15 is 0 Å². The normalized spacial score (nSPS) is 17.8. The van der Waals surface area contributed by atoms with Crippen LogP contribution >= 0.6 is 12.4 Å². The number of carbonyl (C=O) groups is 1. The number of nitrogens with two attached hydrogens (primary N) is 1. The molecule has 0 aliphatic heterocycles. The molecule has 0 spiro atoms. The minimum atomic E-state index is -0.886. The van der Waals surface area contributed by atoms with Crippen LogP contribution < -0.4 is 5.73 Å². The summed E-state index contributed by atoms with van der Waals surface area (Å²) in [7, 11) is 0. The van der Waals surface area contributed by atoms with Crippen LogP contribution in [0.2, 0.25) is 0 Å². The summed E-state index contributed by atoms with van der Waals surface area (Å²) in [6.07, 6.45) is 6.25. The molecule has 1 aromatic rings. The maximum absolute atomic E-state index is 10.8. The van der Waals surface area contributed by atoms with E-state index in [0.717, 1.165) is 5.56 Å². The molecule has 0 radical (unpaired) electrons. The maximum Gasteiger partial charge on any atom is 0.335 e. The Balaban J connectivity index is 0.00000162. The molecule has 3 N–H and O–H groups in total. The first-order valence-corrected chi connectivity index (χ1v) is 6.27. The highest BCUT2D eigenvalue weighted by atomic mass is 35.5. The topological polar surface area (TPSA) is 63.3 Å². The van der Waals surface area contributed by atoms with Crippen LogP contribution in [0.15, 0.2) is 24.3 Å². The van der Waals surface area contributed by atoms with Crippen molar-refractivity contribution in [1.29, 1.82) is 0 Å². The standard InChI is InChI=1S/C14H19NO2.ClH/c15-13(10-4-2-1-3-5-10)11-6-8-12(9-7-11)14(16)17;/h6-10,13H,1-5,15H2,(H,16,17);1H/t13-;/m1./s1. The van der Waals surface area contributed by atoms with Gasteiger partial charge in [0.05, 0.1) is 5.56 Å². The Morgan fingerprint density at radius 2 is 1.72 bits per heavy atom. The summed E-state index contributed by atoms with van der Waals surface area (Å²) in [5, 5.41) is 8.83. The first-order valence-electron chi connectivity index (χ1n) is 6.27. The van der Waals surface area contributed by atoms with E-state index in [1.54, 1.807) is 12.1 Å². The second kappa shape index (κ2) is 6.76. The molecule has 0 saturated heterocycles. The summed E-state index contributed by atoms with van der Waals surface area (Å²) in [4.78, 5) is 10.8. The molecule has 0 unspecified atom stereocenters. The van der Waals surface area contributed by atoms with Crippen LogP contribution in [0.5, 0.6) is 0 Å². The number of benzene rings is 1. The third kappa shape index (κ3) is 3.47. The Kier molecular flexibility index (Phi) is 5.63. The number of hydrogen-bond acceptors (Lipinski definition) is 2. The molecule has 0 amide bonds. The van der Waals surface area contributed by atoms with Crippen LogP contribution in [0.3, 0.4) is 0 Å². The Morgan fingerprint density at radius 1 is 1.17 bits per heavy atom. The lowest BCUT2D eigenvalue weighted by molar-refractivity contribution is 0.0697. The lowest BCUT2D eigenvalue weighted by atomic mass is 9.81. The third-order valence-corrected chi connectivity index (χ3v) is 3.70. The van der Waals surface area contributed by atoms with E-state index in [1.807, 2.05) is 12.1 Å². The van der Waals surface area contributed by atoms with Crippen LogP contribution in [0.4, 0.5) is 0 Å². The zero-order valence-electron chi connectivity index (χ0n) is 10.3. The molecule has 0 bridgehead atoms. The van der Waals surface area contributed by atoms with Crippen LogP contribution in [-0.2, 0) is 0 Å². The van der Waals surface area contributed by atoms with E-state index in [4.69, 9.17) is 10.8 Å². The molecule has 1 saturated carbocycles. The summed E-state index contributed by atoms with van der Waals surface area (Å²) in [6, 6.07) is 7.03. The largest absolute Gasteiger partial charge is 0.478 e. The Morgan fingerprint density at radius 3 is 2.22 bits per heavy atom. The van der Waals surface area contributed by atoms with E-state index in [2.05, 4.69) is 0 Å². The van der Waals surface area contributed by atoms with Gasteiger partial charge in [0.2, 0.25) is 0 Å². The molecule has 1 aromatic carbocycles. The average Bonchev–Trinajstić information content (AvgIpc) is 2.39. The first kappa shape index (κ1) is 15.0. The monoisotopic (exact) mass is 269 g/mol. The molecule has 1 aliphatic carbocycles. The number of carboxylic acid groups (broad SMARTS) is 1. The van der Waals surface area contributed by atoms with Crippen molar-refractivity contribution in [2.75, 3.05) is 0 Å². The van der Waals surface area contributed by atoms with Gasteiger partial charge in [0, 0.05) is 6.04 Å². The van der Waals surface area contributed by atoms with Crippen molar-refractivity contribution in [2.45, 2.75) is 38.1 Å². The van der Waals surface area contributed by atoms with Crippen LogP contribution in [0.1, 0.15) is 54.1 Å². The SMILES string of the molecule is Cl.N[C@@H](c1ccc(C(=O)O)cc1)C1CCCCC1. The lowest BCUT2D eigenvalue weighted by Gasteiger charge is -2.27. The van der Waals surface area contributed by atoms with Gasteiger partial charge in [-0.1, -0.05) is 31.4 Å². The van der Waals surface area contributed by atoms with Crippen LogP contribution in [-0.4, -0.2) is 11.1 Å². The lowest BCUT2D eigenvalue weighted by Crippen LogP contribution is -2.23. The first-order chi connectivity index (χ1) is 8.18. The number of rotatable bonds is 3. The van der Waals surface area contributed by atoms with E-state index in [-0.39, 0.29) is 18.4 Å². The smallest absolute Gasteiger partial charge is 0.335 e. The van der Waals surface area contributed by atoms with E-state index in [9.17, 15) is 4.79 Å². The molecule has 3 nitrogen and oxygen atoms in total. The molecule has 0 heterocycles. The van der Waals surface area contributed by atoms with Crippen LogP contribution in [0, 0.1) is 5.92 Å². The molecule has 18 heavy (non-hydrogen) atoms. The molecular weight excluding hydrogens is 250 g/mol. The molecule has 4 heteroatoms. The number of halogens is 1. The summed E-state index contributed by atoms with van der Waals surface area (Å²) >= 11 is 0. The molecule has 1 aliphatic rings. The highest BCUT2D eigenvalue weighted by molar-refractivity contribution is 5.87. The quantitative estimate of drug-likeness (QED) is 0.884. The van der Waals surface area contributed by atoms with Gasteiger partial charge in [0.15, 0.2) is 0 Å². The van der Waals surface area contributed by atoms with Gasteiger partial charge in [-0.05, 0) is 36.5 Å². The summed E-state index contributed by atoms with van der Waals surface area (Å²) in [5.74, 6) is -0.331. The second-order valence-electron chi connectivity index (χ2n) is 4.85. The molecule has 0 aromatic heterocycles. The average molecular weight is 270 g/mol. The third-order valence-electron chi connectivity index (χ3n) is 3.70. The van der Waals surface area contributed by atoms with Crippen molar-refractivity contribution in [1.82, 2.24) is 0 Å². The molecule has 2 rings (SSSR count). The van der Waals surface area contributed by atoms with Crippen molar-refractivity contribution in [2.24, 2.45) is 11.7 Å².